The van der Waals surface area contributed by atoms with E-state index in [2.05, 4.69) is 21.7 Å². The average Bonchev–Trinajstić information content (AvgIpc) is 3.01. The number of ether oxygens (including phenoxy) is 1. The van der Waals surface area contributed by atoms with E-state index in [9.17, 15) is 4.79 Å². The van der Waals surface area contributed by atoms with E-state index in [1.165, 1.54) is 10.4 Å². The van der Waals surface area contributed by atoms with Crippen molar-refractivity contribution in [2.24, 2.45) is 5.92 Å². The molecular weight excluding hydrogens is 320 g/mol. The van der Waals surface area contributed by atoms with E-state index in [4.69, 9.17) is 4.74 Å². The number of nitrogens with one attached hydrogen (secondary N) is 1. The molecule has 6 heteroatoms. The number of hydrogen-bond acceptors (Lipinski definition) is 4. The van der Waals surface area contributed by atoms with Crippen LogP contribution in [0.15, 0.2) is 11.4 Å². The van der Waals surface area contributed by atoms with Crippen molar-refractivity contribution < 1.29 is 9.53 Å². The minimum atomic E-state index is 0. The molecule has 122 valence electrons. The van der Waals surface area contributed by atoms with Gasteiger partial charge in [0.2, 0.25) is 5.91 Å². The van der Waals surface area contributed by atoms with Crippen LogP contribution in [0.2, 0.25) is 0 Å². The highest BCUT2D eigenvalue weighted by molar-refractivity contribution is 7.10. The number of amides is 1. The molecule has 0 aromatic carbocycles. The van der Waals surface area contributed by atoms with Gasteiger partial charge in [-0.05, 0) is 42.7 Å². The zero-order valence-corrected chi connectivity index (χ0v) is 14.3. The van der Waals surface area contributed by atoms with Crippen LogP contribution >= 0.6 is 23.7 Å². The standard InChI is InChI=1S/C16H22N2O2S.ClH/c19-16(18-6-3-15-12(10-18)4-8-21-15)11-1-2-14-13(9-11)17-5-7-20-14;/h4,8,11,13-14,17H,1-3,5-7,9-10H2;1H/t11-,13+,14+;/m0./s1. The summed E-state index contributed by atoms with van der Waals surface area (Å²) in [5.41, 5.74) is 1.35. The van der Waals surface area contributed by atoms with Gasteiger partial charge < -0.3 is 15.0 Å². The first-order valence-corrected chi connectivity index (χ1v) is 8.88. The molecule has 2 fully saturated rings. The van der Waals surface area contributed by atoms with Gasteiger partial charge in [-0.2, -0.15) is 0 Å². The summed E-state index contributed by atoms with van der Waals surface area (Å²) < 4.78 is 5.81. The smallest absolute Gasteiger partial charge is 0.226 e. The Labute approximate surface area is 141 Å². The Morgan fingerprint density at radius 1 is 1.41 bits per heavy atom. The van der Waals surface area contributed by atoms with Crippen molar-refractivity contribution in [1.82, 2.24) is 10.2 Å². The molecule has 2 aliphatic heterocycles. The topological polar surface area (TPSA) is 41.6 Å². The van der Waals surface area contributed by atoms with Crippen LogP contribution in [-0.2, 0) is 22.5 Å². The molecule has 1 aliphatic carbocycles. The molecule has 1 saturated carbocycles. The number of morpholine rings is 1. The third-order valence-corrected chi connectivity index (χ3v) is 6.12. The van der Waals surface area contributed by atoms with Crippen LogP contribution in [0.5, 0.6) is 0 Å². The Morgan fingerprint density at radius 2 is 2.32 bits per heavy atom. The Kier molecular flexibility index (Phi) is 5.07. The molecule has 0 radical (unpaired) electrons. The van der Waals surface area contributed by atoms with Crippen molar-refractivity contribution in [3.8, 4) is 0 Å². The molecule has 4 rings (SSSR count). The Morgan fingerprint density at radius 3 is 3.23 bits per heavy atom. The van der Waals surface area contributed by atoms with Gasteiger partial charge in [-0.25, -0.2) is 0 Å². The lowest BCUT2D eigenvalue weighted by Gasteiger charge is -2.41. The van der Waals surface area contributed by atoms with E-state index in [1.54, 1.807) is 0 Å². The molecule has 1 aromatic heterocycles. The van der Waals surface area contributed by atoms with Crippen LogP contribution in [0.25, 0.3) is 0 Å². The second-order valence-corrected chi connectivity index (χ2v) is 7.36. The number of carbonyl (C=O) groups is 1. The highest BCUT2D eigenvalue weighted by Crippen LogP contribution is 2.31. The van der Waals surface area contributed by atoms with E-state index in [1.807, 2.05) is 11.3 Å². The first-order valence-electron chi connectivity index (χ1n) is 8.00. The predicted octanol–water partition coefficient (Wildman–Crippen LogP) is 2.21. The fourth-order valence-corrected chi connectivity index (χ4v) is 4.82. The summed E-state index contributed by atoms with van der Waals surface area (Å²) in [6.07, 6.45) is 4.29. The van der Waals surface area contributed by atoms with Gasteiger partial charge in [-0.1, -0.05) is 0 Å². The van der Waals surface area contributed by atoms with E-state index in [-0.39, 0.29) is 18.3 Å². The third kappa shape index (κ3) is 3.04. The van der Waals surface area contributed by atoms with Gasteiger partial charge in [0.1, 0.15) is 0 Å². The number of rotatable bonds is 1. The summed E-state index contributed by atoms with van der Waals surface area (Å²) in [5, 5.41) is 5.67. The molecule has 3 atom stereocenters. The zero-order valence-electron chi connectivity index (χ0n) is 12.6. The molecule has 0 unspecified atom stereocenters. The summed E-state index contributed by atoms with van der Waals surface area (Å²) in [4.78, 5) is 16.4. The molecule has 1 aromatic rings. The third-order valence-electron chi connectivity index (χ3n) is 5.10. The van der Waals surface area contributed by atoms with Crippen molar-refractivity contribution in [1.29, 1.82) is 0 Å². The lowest BCUT2D eigenvalue weighted by atomic mass is 9.82. The molecule has 1 amide bonds. The first kappa shape index (κ1) is 16.2. The summed E-state index contributed by atoms with van der Waals surface area (Å²) in [6, 6.07) is 2.55. The van der Waals surface area contributed by atoms with Gasteiger partial charge >= 0.3 is 0 Å². The summed E-state index contributed by atoms with van der Waals surface area (Å²) >= 11 is 1.83. The number of thiophene rings is 1. The van der Waals surface area contributed by atoms with Gasteiger partial charge in [-0.3, -0.25) is 4.79 Å². The molecule has 3 heterocycles. The monoisotopic (exact) mass is 342 g/mol. The van der Waals surface area contributed by atoms with Crippen LogP contribution < -0.4 is 5.32 Å². The largest absolute Gasteiger partial charge is 0.375 e. The second-order valence-electron chi connectivity index (χ2n) is 6.36. The maximum absolute atomic E-state index is 12.8. The lowest BCUT2D eigenvalue weighted by molar-refractivity contribution is -0.140. The predicted molar refractivity (Wildman–Crippen MR) is 89.6 cm³/mol. The maximum atomic E-state index is 12.8. The van der Waals surface area contributed by atoms with Gasteiger partial charge in [0.15, 0.2) is 0 Å². The molecule has 22 heavy (non-hydrogen) atoms. The summed E-state index contributed by atoms with van der Waals surface area (Å²) in [7, 11) is 0. The SMILES string of the molecule is Cl.O=C([C@H]1CC[C@H]2OCCN[C@@H]2C1)N1CCc2sccc2C1. The van der Waals surface area contributed by atoms with Crippen molar-refractivity contribution in [3.05, 3.63) is 21.9 Å². The van der Waals surface area contributed by atoms with Gasteiger partial charge in [-0.15, -0.1) is 23.7 Å². The molecule has 0 bridgehead atoms. The van der Waals surface area contributed by atoms with Crippen LogP contribution in [-0.4, -0.2) is 42.6 Å². The Hall–Kier alpha value is -0.620. The number of fused-ring (bicyclic) bond motifs is 2. The number of halogens is 1. The molecule has 0 spiro atoms. The summed E-state index contributed by atoms with van der Waals surface area (Å²) in [5.74, 6) is 0.540. The number of carbonyl (C=O) groups excluding carboxylic acids is 1. The van der Waals surface area contributed by atoms with Crippen molar-refractivity contribution in [3.63, 3.8) is 0 Å². The second kappa shape index (κ2) is 6.87. The van der Waals surface area contributed by atoms with Crippen molar-refractivity contribution in [2.75, 3.05) is 19.7 Å². The number of hydrogen-bond donors (Lipinski definition) is 1. The highest BCUT2D eigenvalue weighted by atomic mass is 35.5. The summed E-state index contributed by atoms with van der Waals surface area (Å²) in [6.45, 7) is 3.43. The first-order chi connectivity index (χ1) is 10.3. The minimum Gasteiger partial charge on any atom is -0.375 e. The molecule has 1 N–H and O–H groups in total. The van der Waals surface area contributed by atoms with E-state index in [0.717, 1.165) is 51.9 Å². The van der Waals surface area contributed by atoms with Crippen molar-refractivity contribution >= 4 is 29.7 Å². The molecule has 1 saturated heterocycles. The van der Waals surface area contributed by atoms with E-state index >= 15 is 0 Å². The average molecular weight is 343 g/mol. The van der Waals surface area contributed by atoms with Crippen LogP contribution in [0.1, 0.15) is 29.7 Å². The zero-order chi connectivity index (χ0) is 14.2. The quantitative estimate of drug-likeness (QED) is 0.850. The molecule has 3 aliphatic rings. The van der Waals surface area contributed by atoms with Crippen molar-refractivity contribution in [2.45, 2.75) is 44.4 Å². The normalized spacial score (nSPS) is 30.9. The van der Waals surface area contributed by atoms with Gasteiger partial charge in [0, 0.05) is 36.5 Å². The minimum absolute atomic E-state index is 0. The van der Waals surface area contributed by atoms with Gasteiger partial charge in [0.25, 0.3) is 0 Å². The Balaban J connectivity index is 0.00000144. The lowest BCUT2D eigenvalue weighted by Crippen LogP contribution is -2.53. The molecule has 4 nitrogen and oxygen atoms in total. The maximum Gasteiger partial charge on any atom is 0.226 e. The van der Waals surface area contributed by atoms with Gasteiger partial charge in [0.05, 0.1) is 12.7 Å². The highest BCUT2D eigenvalue weighted by Gasteiger charge is 2.37. The Bertz CT molecular complexity index is 536. The number of nitrogens with zero attached hydrogens (tertiary/aromatic N) is 1. The van der Waals surface area contributed by atoms with Crippen LogP contribution in [0.4, 0.5) is 0 Å². The van der Waals surface area contributed by atoms with E-state index in [0.29, 0.717) is 18.1 Å². The van der Waals surface area contributed by atoms with Crippen LogP contribution in [0.3, 0.4) is 0 Å². The van der Waals surface area contributed by atoms with Crippen LogP contribution in [0, 0.1) is 5.92 Å². The fraction of sp³-hybridized carbons (Fsp3) is 0.688. The molecular formula is C16H23ClN2O2S. The fourth-order valence-electron chi connectivity index (χ4n) is 3.93. The van der Waals surface area contributed by atoms with E-state index < -0.39 is 0 Å².